The van der Waals surface area contributed by atoms with Crippen molar-refractivity contribution < 1.29 is 0 Å². The lowest BCUT2D eigenvalue weighted by molar-refractivity contribution is 0.672. The number of hydrogen-bond acceptors (Lipinski definition) is 3. The molecular formula is C15H17N3O. The molecule has 0 saturated heterocycles. The number of nitrogens with one attached hydrogen (secondary N) is 2. The molecule has 2 N–H and O–H groups in total. The normalized spacial score (nSPS) is 14.6. The fourth-order valence-electron chi connectivity index (χ4n) is 2.10. The molecule has 0 spiro atoms. The quantitative estimate of drug-likeness (QED) is 0.878. The smallest absolute Gasteiger partial charge is 0.251 e. The minimum Gasteiger partial charge on any atom is -0.308 e. The third-order valence-electron chi connectivity index (χ3n) is 3.34. The van der Waals surface area contributed by atoms with Gasteiger partial charge in [0.05, 0.1) is 5.69 Å². The summed E-state index contributed by atoms with van der Waals surface area (Å²) in [5.74, 6) is 0.651. The second-order valence-corrected chi connectivity index (χ2v) is 5.06. The Morgan fingerprint density at radius 1 is 1.37 bits per heavy atom. The van der Waals surface area contributed by atoms with Gasteiger partial charge in [-0.15, -0.1) is 0 Å². The third kappa shape index (κ3) is 2.90. The van der Waals surface area contributed by atoms with Crippen molar-refractivity contribution in [2.45, 2.75) is 32.4 Å². The first-order chi connectivity index (χ1) is 9.22. The van der Waals surface area contributed by atoms with Crippen LogP contribution in [-0.2, 0) is 6.54 Å². The van der Waals surface area contributed by atoms with Crippen molar-refractivity contribution in [2.75, 3.05) is 0 Å². The lowest BCUT2D eigenvalue weighted by atomic mass is 10.1. The second kappa shape index (κ2) is 4.97. The lowest BCUT2D eigenvalue weighted by Gasteiger charge is -2.07. The molecule has 1 aromatic carbocycles. The number of nitrogens with zero attached hydrogens (tertiary/aromatic N) is 1. The van der Waals surface area contributed by atoms with E-state index in [0.717, 1.165) is 16.8 Å². The summed E-state index contributed by atoms with van der Waals surface area (Å²) in [7, 11) is 0. The zero-order valence-corrected chi connectivity index (χ0v) is 10.9. The molecule has 1 saturated carbocycles. The van der Waals surface area contributed by atoms with Crippen molar-refractivity contribution in [3.8, 4) is 11.4 Å². The van der Waals surface area contributed by atoms with Gasteiger partial charge < -0.3 is 10.3 Å². The van der Waals surface area contributed by atoms with Gasteiger partial charge in [0.1, 0.15) is 5.82 Å². The van der Waals surface area contributed by atoms with Gasteiger partial charge in [0.15, 0.2) is 0 Å². The molecule has 1 fully saturated rings. The topological polar surface area (TPSA) is 57.8 Å². The van der Waals surface area contributed by atoms with Crippen LogP contribution in [0.2, 0.25) is 0 Å². The summed E-state index contributed by atoms with van der Waals surface area (Å²) in [5, 5.41) is 3.38. The highest BCUT2D eigenvalue weighted by molar-refractivity contribution is 5.59. The van der Waals surface area contributed by atoms with Gasteiger partial charge in [0.25, 0.3) is 5.56 Å². The first-order valence-electron chi connectivity index (χ1n) is 6.62. The molecular weight excluding hydrogens is 238 g/mol. The number of hydrogen-bond donors (Lipinski definition) is 2. The zero-order chi connectivity index (χ0) is 13.2. The molecule has 0 unspecified atom stereocenters. The first kappa shape index (κ1) is 12.1. The van der Waals surface area contributed by atoms with E-state index in [-0.39, 0.29) is 5.56 Å². The van der Waals surface area contributed by atoms with E-state index in [2.05, 4.69) is 15.3 Å². The summed E-state index contributed by atoms with van der Waals surface area (Å²) in [5.41, 5.74) is 2.79. The van der Waals surface area contributed by atoms with Crippen molar-refractivity contribution in [1.29, 1.82) is 0 Å². The zero-order valence-electron chi connectivity index (χ0n) is 10.9. The molecule has 4 nitrogen and oxygen atoms in total. The van der Waals surface area contributed by atoms with E-state index in [9.17, 15) is 4.79 Å². The van der Waals surface area contributed by atoms with Crippen LogP contribution in [0.3, 0.4) is 0 Å². The third-order valence-corrected chi connectivity index (χ3v) is 3.34. The Balaban J connectivity index is 1.92. The van der Waals surface area contributed by atoms with Crippen LogP contribution in [-0.4, -0.2) is 16.0 Å². The predicted molar refractivity (Wildman–Crippen MR) is 74.9 cm³/mol. The van der Waals surface area contributed by atoms with Gasteiger partial charge in [-0.3, -0.25) is 4.79 Å². The molecule has 0 radical (unpaired) electrons. The Labute approximate surface area is 111 Å². The molecule has 1 aliphatic rings. The van der Waals surface area contributed by atoms with Crippen LogP contribution >= 0.6 is 0 Å². The number of aryl methyl sites for hydroxylation is 1. The van der Waals surface area contributed by atoms with Crippen LogP contribution in [0.4, 0.5) is 0 Å². The van der Waals surface area contributed by atoms with Crippen molar-refractivity contribution >= 4 is 0 Å². The maximum Gasteiger partial charge on any atom is 0.251 e. The highest BCUT2D eigenvalue weighted by atomic mass is 16.1. The fraction of sp³-hybridized carbons (Fsp3) is 0.333. The standard InChI is InChI=1S/C15H17N3O/c1-10-4-2-3-5-13(10)15-17-12(8-14(19)18-15)9-16-11-6-7-11/h2-5,8,11,16H,6-7,9H2,1H3,(H,17,18,19). The summed E-state index contributed by atoms with van der Waals surface area (Å²) in [6.45, 7) is 2.68. The Morgan fingerprint density at radius 2 is 2.16 bits per heavy atom. The predicted octanol–water partition coefficient (Wildman–Crippen LogP) is 2.00. The van der Waals surface area contributed by atoms with Crippen LogP contribution < -0.4 is 10.9 Å². The van der Waals surface area contributed by atoms with E-state index in [0.29, 0.717) is 18.4 Å². The largest absolute Gasteiger partial charge is 0.308 e. The minimum atomic E-state index is -0.0964. The van der Waals surface area contributed by atoms with E-state index in [4.69, 9.17) is 0 Å². The Hall–Kier alpha value is -1.94. The van der Waals surface area contributed by atoms with E-state index in [1.807, 2.05) is 31.2 Å². The van der Waals surface area contributed by atoms with E-state index < -0.39 is 0 Å². The molecule has 4 heteroatoms. The van der Waals surface area contributed by atoms with Crippen molar-refractivity contribution in [3.63, 3.8) is 0 Å². The maximum atomic E-state index is 11.7. The molecule has 0 amide bonds. The molecule has 19 heavy (non-hydrogen) atoms. The highest BCUT2D eigenvalue weighted by Crippen LogP contribution is 2.20. The van der Waals surface area contributed by atoms with Crippen molar-refractivity contribution in [1.82, 2.24) is 15.3 Å². The average molecular weight is 255 g/mol. The molecule has 0 bridgehead atoms. The van der Waals surface area contributed by atoms with Gasteiger partial charge in [0, 0.05) is 24.2 Å². The number of benzene rings is 1. The molecule has 1 aliphatic carbocycles. The lowest BCUT2D eigenvalue weighted by Crippen LogP contribution is -2.19. The van der Waals surface area contributed by atoms with Gasteiger partial charge in [-0.25, -0.2) is 4.98 Å². The molecule has 3 rings (SSSR count). The fourth-order valence-corrected chi connectivity index (χ4v) is 2.10. The minimum absolute atomic E-state index is 0.0964. The Bertz CT molecular complexity index is 644. The Morgan fingerprint density at radius 3 is 2.89 bits per heavy atom. The monoisotopic (exact) mass is 255 g/mol. The highest BCUT2D eigenvalue weighted by Gasteiger charge is 2.20. The van der Waals surface area contributed by atoms with Crippen LogP contribution in [0, 0.1) is 6.92 Å². The summed E-state index contributed by atoms with van der Waals surface area (Å²) in [6.07, 6.45) is 2.46. The summed E-state index contributed by atoms with van der Waals surface area (Å²) < 4.78 is 0. The van der Waals surface area contributed by atoms with Crippen LogP contribution in [0.15, 0.2) is 35.1 Å². The second-order valence-electron chi connectivity index (χ2n) is 5.06. The average Bonchev–Trinajstić information content (AvgIpc) is 3.20. The van der Waals surface area contributed by atoms with Gasteiger partial charge in [-0.05, 0) is 25.3 Å². The van der Waals surface area contributed by atoms with E-state index in [1.54, 1.807) is 6.07 Å². The number of rotatable bonds is 4. The first-order valence-corrected chi connectivity index (χ1v) is 6.62. The molecule has 1 heterocycles. The molecule has 0 aliphatic heterocycles. The molecule has 98 valence electrons. The Kier molecular flexibility index (Phi) is 3.17. The number of H-pyrrole nitrogens is 1. The molecule has 0 atom stereocenters. The summed E-state index contributed by atoms with van der Waals surface area (Å²) in [4.78, 5) is 19.1. The van der Waals surface area contributed by atoms with Crippen LogP contribution in [0.25, 0.3) is 11.4 Å². The van der Waals surface area contributed by atoms with Crippen LogP contribution in [0.5, 0.6) is 0 Å². The van der Waals surface area contributed by atoms with Gasteiger partial charge in [0.2, 0.25) is 0 Å². The maximum absolute atomic E-state index is 11.7. The SMILES string of the molecule is Cc1ccccc1-c1nc(CNC2CC2)cc(=O)[nH]1. The summed E-state index contributed by atoms with van der Waals surface area (Å²) >= 11 is 0. The molecule has 1 aromatic heterocycles. The number of aromatic amines is 1. The van der Waals surface area contributed by atoms with Gasteiger partial charge in [-0.1, -0.05) is 24.3 Å². The summed E-state index contributed by atoms with van der Waals surface area (Å²) in [6, 6.07) is 10.1. The number of aromatic nitrogens is 2. The van der Waals surface area contributed by atoms with E-state index >= 15 is 0 Å². The van der Waals surface area contributed by atoms with E-state index in [1.165, 1.54) is 12.8 Å². The molecule has 2 aromatic rings. The van der Waals surface area contributed by atoms with Gasteiger partial charge in [-0.2, -0.15) is 0 Å². The van der Waals surface area contributed by atoms with Gasteiger partial charge >= 0.3 is 0 Å². The van der Waals surface area contributed by atoms with Crippen molar-refractivity contribution in [3.05, 3.63) is 51.9 Å². The van der Waals surface area contributed by atoms with Crippen molar-refractivity contribution in [2.24, 2.45) is 0 Å². The van der Waals surface area contributed by atoms with Crippen LogP contribution in [0.1, 0.15) is 24.1 Å².